The fourth-order valence-electron chi connectivity index (χ4n) is 4.62. The predicted octanol–water partition coefficient (Wildman–Crippen LogP) is 6.33. The maximum atomic E-state index is 14.9. The van der Waals surface area contributed by atoms with Crippen molar-refractivity contribution in [1.29, 1.82) is 0 Å². The number of aromatic nitrogens is 1. The molecule has 4 amide bonds. The quantitative estimate of drug-likeness (QED) is 0.300. The van der Waals surface area contributed by atoms with Gasteiger partial charge in [-0.2, -0.15) is 0 Å². The Morgan fingerprint density at radius 1 is 1.03 bits per heavy atom. The highest BCUT2D eigenvalue weighted by molar-refractivity contribution is 6.08. The Morgan fingerprint density at radius 2 is 1.78 bits per heavy atom. The topological polar surface area (TPSA) is 89.6 Å². The molecule has 0 bridgehead atoms. The largest absolute Gasteiger partial charge is 0.373 e. The van der Waals surface area contributed by atoms with E-state index < -0.39 is 11.8 Å². The van der Waals surface area contributed by atoms with E-state index in [1.165, 1.54) is 12.1 Å². The van der Waals surface area contributed by atoms with Crippen LogP contribution in [0.5, 0.6) is 0 Å². The number of hydrogen-bond acceptors (Lipinski definition) is 4. The Hall–Kier alpha value is -4.66. The molecule has 0 aliphatic carbocycles. The van der Waals surface area contributed by atoms with Gasteiger partial charge in [0.1, 0.15) is 11.6 Å². The van der Waals surface area contributed by atoms with Crippen LogP contribution in [0.1, 0.15) is 18.1 Å². The number of benzene rings is 3. The summed E-state index contributed by atoms with van der Waals surface area (Å²) in [6.45, 7) is 4.36. The van der Waals surface area contributed by atoms with Crippen molar-refractivity contribution in [3.8, 4) is 0 Å². The van der Waals surface area contributed by atoms with Gasteiger partial charge in [0.05, 0.1) is 29.3 Å². The van der Waals surface area contributed by atoms with Gasteiger partial charge in [-0.3, -0.25) is 9.80 Å². The summed E-state index contributed by atoms with van der Waals surface area (Å²) in [6.07, 6.45) is 1.74. The van der Waals surface area contributed by atoms with Crippen LogP contribution < -0.4 is 25.8 Å². The van der Waals surface area contributed by atoms with Crippen molar-refractivity contribution in [2.24, 2.45) is 0 Å². The third kappa shape index (κ3) is 4.51. The molecular weight excluding hydrogens is 471 g/mol. The van der Waals surface area contributed by atoms with Crippen LogP contribution in [0.3, 0.4) is 0 Å². The predicted molar refractivity (Wildman–Crippen MR) is 146 cm³/mol. The number of halogens is 1. The molecule has 3 aromatic carbocycles. The lowest BCUT2D eigenvalue weighted by atomic mass is 10.1. The average Bonchev–Trinajstić information content (AvgIpc) is 2.90. The van der Waals surface area contributed by atoms with E-state index in [1.54, 1.807) is 36.0 Å². The van der Waals surface area contributed by atoms with E-state index in [-0.39, 0.29) is 18.3 Å². The fraction of sp³-hybridized carbons (Fsp3) is 0.179. The fourth-order valence-corrected chi connectivity index (χ4v) is 4.62. The van der Waals surface area contributed by atoms with Gasteiger partial charge in [0.15, 0.2) is 0 Å². The van der Waals surface area contributed by atoms with Crippen molar-refractivity contribution < 1.29 is 14.0 Å². The van der Waals surface area contributed by atoms with Gasteiger partial charge in [-0.1, -0.05) is 36.4 Å². The number of fused-ring (bicyclic) bond motifs is 2. The standard InChI is InChI=1S/C28H27FN6O2/c1-4-34-25-14-26(30-3)31-15-19(25)16-35(28(34)37)24-13-23(21(29)12-17(24)2)33-27(36)32-22-11-7-9-18-8-5-6-10-20(18)22/h5-15H,4,16H2,1-3H3,(H,30,31)(H2,32,33,36). The lowest BCUT2D eigenvalue weighted by Crippen LogP contribution is -2.47. The van der Waals surface area contributed by atoms with Crippen molar-refractivity contribution in [1.82, 2.24) is 4.98 Å². The van der Waals surface area contributed by atoms with Gasteiger partial charge >= 0.3 is 12.1 Å². The number of nitrogens with one attached hydrogen (secondary N) is 3. The lowest BCUT2D eigenvalue weighted by Gasteiger charge is -2.37. The second-order valence-corrected chi connectivity index (χ2v) is 8.79. The first-order chi connectivity index (χ1) is 17.9. The van der Waals surface area contributed by atoms with E-state index in [0.717, 1.165) is 22.0 Å². The number of anilines is 5. The smallest absolute Gasteiger partial charge is 0.329 e. The Labute approximate surface area is 214 Å². The molecule has 0 saturated carbocycles. The summed E-state index contributed by atoms with van der Waals surface area (Å²) in [5, 5.41) is 10.3. The number of carbonyl (C=O) groups is 2. The van der Waals surface area contributed by atoms with Crippen LogP contribution in [-0.4, -0.2) is 30.6 Å². The van der Waals surface area contributed by atoms with Crippen LogP contribution in [-0.2, 0) is 6.54 Å². The molecular formula is C28H27FN6O2. The van der Waals surface area contributed by atoms with Gasteiger partial charge in [0.2, 0.25) is 0 Å². The molecule has 0 atom stereocenters. The van der Waals surface area contributed by atoms with Crippen molar-refractivity contribution in [2.75, 3.05) is 39.3 Å². The molecule has 0 saturated heterocycles. The number of hydrogen-bond donors (Lipinski definition) is 3. The molecule has 37 heavy (non-hydrogen) atoms. The first-order valence-corrected chi connectivity index (χ1v) is 12.0. The van der Waals surface area contributed by atoms with Gasteiger partial charge in [-0.25, -0.2) is 19.0 Å². The first-order valence-electron chi connectivity index (χ1n) is 12.0. The highest BCUT2D eigenvalue weighted by atomic mass is 19.1. The lowest BCUT2D eigenvalue weighted by molar-refractivity contribution is 0.250. The third-order valence-corrected chi connectivity index (χ3v) is 6.48. The number of carbonyl (C=O) groups excluding carboxylic acids is 2. The molecule has 2 heterocycles. The Balaban J connectivity index is 1.44. The van der Waals surface area contributed by atoms with Gasteiger partial charge in [-0.15, -0.1) is 0 Å². The van der Waals surface area contributed by atoms with Crippen LogP contribution in [0.25, 0.3) is 10.8 Å². The normalized spacial score (nSPS) is 12.9. The van der Waals surface area contributed by atoms with E-state index in [1.807, 2.05) is 49.4 Å². The number of urea groups is 2. The van der Waals surface area contributed by atoms with Crippen molar-refractivity contribution in [3.63, 3.8) is 0 Å². The highest BCUT2D eigenvalue weighted by Gasteiger charge is 2.32. The maximum Gasteiger partial charge on any atom is 0.329 e. The minimum atomic E-state index is -0.591. The van der Waals surface area contributed by atoms with Gasteiger partial charge < -0.3 is 16.0 Å². The second kappa shape index (κ2) is 9.77. The van der Waals surface area contributed by atoms with Crippen molar-refractivity contribution in [2.45, 2.75) is 20.4 Å². The molecule has 188 valence electrons. The molecule has 5 rings (SSSR count). The number of rotatable bonds is 5. The van der Waals surface area contributed by atoms with Crippen molar-refractivity contribution >= 4 is 51.4 Å². The molecule has 8 nitrogen and oxygen atoms in total. The molecule has 0 radical (unpaired) electrons. The SMILES string of the molecule is CCN1C(=O)N(c2cc(NC(=O)Nc3cccc4ccccc34)c(F)cc2C)Cc2cnc(NC)cc21. The molecule has 1 aromatic heterocycles. The van der Waals surface area contributed by atoms with E-state index in [9.17, 15) is 14.0 Å². The molecule has 9 heteroatoms. The Bertz CT molecular complexity index is 1520. The van der Waals surface area contributed by atoms with E-state index >= 15 is 0 Å². The highest BCUT2D eigenvalue weighted by Crippen LogP contribution is 2.36. The van der Waals surface area contributed by atoms with E-state index in [4.69, 9.17) is 0 Å². The van der Waals surface area contributed by atoms with Crippen LogP contribution >= 0.6 is 0 Å². The molecule has 0 unspecified atom stereocenters. The summed E-state index contributed by atoms with van der Waals surface area (Å²) in [5.41, 5.74) is 3.32. The minimum Gasteiger partial charge on any atom is -0.373 e. The third-order valence-electron chi connectivity index (χ3n) is 6.48. The zero-order valence-electron chi connectivity index (χ0n) is 20.8. The van der Waals surface area contributed by atoms with Gasteiger partial charge in [-0.05, 0) is 43.0 Å². The summed E-state index contributed by atoms with van der Waals surface area (Å²) < 4.78 is 14.9. The van der Waals surface area contributed by atoms with Crippen LogP contribution in [0.15, 0.2) is 66.9 Å². The summed E-state index contributed by atoms with van der Waals surface area (Å²) in [4.78, 5) is 33.9. The van der Waals surface area contributed by atoms with Gasteiger partial charge in [0.25, 0.3) is 0 Å². The molecule has 0 fully saturated rings. The summed E-state index contributed by atoms with van der Waals surface area (Å²) in [5.74, 6) is 0.0759. The molecule has 0 spiro atoms. The molecule has 1 aliphatic heterocycles. The first kappa shape index (κ1) is 24.1. The zero-order chi connectivity index (χ0) is 26.1. The van der Waals surface area contributed by atoms with Gasteiger partial charge in [0, 0.05) is 36.8 Å². The summed E-state index contributed by atoms with van der Waals surface area (Å²) in [6, 6.07) is 17.1. The number of aryl methyl sites for hydroxylation is 1. The van der Waals surface area contributed by atoms with E-state index in [2.05, 4.69) is 20.9 Å². The number of amides is 4. The second-order valence-electron chi connectivity index (χ2n) is 8.79. The summed E-state index contributed by atoms with van der Waals surface area (Å²) >= 11 is 0. The van der Waals surface area contributed by atoms with Crippen molar-refractivity contribution in [3.05, 3.63) is 83.8 Å². The Morgan fingerprint density at radius 3 is 2.57 bits per heavy atom. The average molecular weight is 499 g/mol. The molecule has 4 aromatic rings. The molecule has 1 aliphatic rings. The number of pyridine rings is 1. The Kier molecular flexibility index (Phi) is 6.35. The maximum absolute atomic E-state index is 14.9. The summed E-state index contributed by atoms with van der Waals surface area (Å²) in [7, 11) is 1.77. The monoisotopic (exact) mass is 498 g/mol. The van der Waals surface area contributed by atoms with Crippen LogP contribution in [0, 0.1) is 12.7 Å². The molecule has 3 N–H and O–H groups in total. The zero-order valence-corrected chi connectivity index (χ0v) is 20.8. The minimum absolute atomic E-state index is 0.0244. The van der Waals surface area contributed by atoms with Crippen LogP contribution in [0.2, 0.25) is 0 Å². The van der Waals surface area contributed by atoms with Crippen LogP contribution in [0.4, 0.5) is 42.5 Å². The van der Waals surface area contributed by atoms with E-state index in [0.29, 0.717) is 29.3 Å². The number of nitrogens with zero attached hydrogens (tertiary/aromatic N) is 3.